The van der Waals surface area contributed by atoms with E-state index in [9.17, 15) is 9.59 Å². The first-order chi connectivity index (χ1) is 14.8. The summed E-state index contributed by atoms with van der Waals surface area (Å²) in [5, 5.41) is 4.55. The number of aryl methyl sites for hydroxylation is 3. The maximum Gasteiger partial charge on any atom is 0.328 e. The number of hydrogen-bond acceptors (Lipinski definition) is 6. The summed E-state index contributed by atoms with van der Waals surface area (Å²) in [6.07, 6.45) is -0.607. The Morgan fingerprint density at radius 1 is 1.13 bits per heavy atom. The molecule has 1 aromatic heterocycles. The Labute approximate surface area is 181 Å². The molecule has 1 fully saturated rings. The van der Waals surface area contributed by atoms with Crippen LogP contribution in [-0.2, 0) is 16.1 Å². The number of urea groups is 1. The molecule has 9 nitrogen and oxygen atoms in total. The molecule has 0 N–H and O–H groups in total. The van der Waals surface area contributed by atoms with Gasteiger partial charge < -0.3 is 14.5 Å². The predicted octanol–water partition coefficient (Wildman–Crippen LogP) is 1.76. The van der Waals surface area contributed by atoms with Gasteiger partial charge in [-0.05, 0) is 32.4 Å². The number of carbonyl (C=O) groups excluding carboxylic acids is 2. The van der Waals surface area contributed by atoms with Crippen molar-refractivity contribution in [1.29, 1.82) is 0 Å². The van der Waals surface area contributed by atoms with Gasteiger partial charge in [-0.1, -0.05) is 29.8 Å². The standard InChI is InChI=1S/C22H28N6O3/c1-14-7-6-8-17(11-14)13-27-20(29)18-19(25(4)22(27)30)23-21(26(18)9-10-31-5)28-16(3)12-15(2)24-28/h6-8,11-12,18-19H,9-10,13H2,1-5H3. The number of aliphatic imine (C=N–C) groups is 1. The number of benzene rings is 1. The van der Waals surface area contributed by atoms with Crippen molar-refractivity contribution in [2.45, 2.75) is 39.5 Å². The summed E-state index contributed by atoms with van der Waals surface area (Å²) in [5.41, 5.74) is 3.77. The smallest absolute Gasteiger partial charge is 0.328 e. The van der Waals surface area contributed by atoms with Crippen LogP contribution in [0.15, 0.2) is 35.3 Å². The van der Waals surface area contributed by atoms with E-state index in [1.807, 2.05) is 56.0 Å². The molecule has 0 spiro atoms. The van der Waals surface area contributed by atoms with Gasteiger partial charge in [0.05, 0.1) is 18.8 Å². The van der Waals surface area contributed by atoms with E-state index in [1.54, 1.807) is 23.7 Å². The third-order valence-electron chi connectivity index (χ3n) is 5.73. The highest BCUT2D eigenvalue weighted by molar-refractivity contribution is 6.04. The topological polar surface area (TPSA) is 83.3 Å². The monoisotopic (exact) mass is 424 g/mol. The lowest BCUT2D eigenvalue weighted by Crippen LogP contribution is -2.65. The first-order valence-corrected chi connectivity index (χ1v) is 10.3. The van der Waals surface area contributed by atoms with Crippen LogP contribution in [0.1, 0.15) is 22.5 Å². The molecule has 9 heteroatoms. The van der Waals surface area contributed by atoms with Crippen LogP contribution in [0.25, 0.3) is 0 Å². The summed E-state index contributed by atoms with van der Waals surface area (Å²) < 4.78 is 7.03. The molecule has 0 aliphatic carbocycles. The average Bonchev–Trinajstić information content (AvgIpc) is 3.27. The van der Waals surface area contributed by atoms with Crippen molar-refractivity contribution >= 4 is 17.9 Å². The Kier molecular flexibility index (Phi) is 5.53. The molecule has 2 aliphatic heterocycles. The van der Waals surface area contributed by atoms with E-state index in [1.165, 1.54) is 4.90 Å². The van der Waals surface area contributed by atoms with Gasteiger partial charge in [0.2, 0.25) is 5.96 Å². The summed E-state index contributed by atoms with van der Waals surface area (Å²) in [7, 11) is 3.31. The van der Waals surface area contributed by atoms with Crippen molar-refractivity contribution in [3.05, 3.63) is 52.8 Å². The molecule has 4 rings (SSSR count). The zero-order valence-corrected chi connectivity index (χ0v) is 18.6. The van der Waals surface area contributed by atoms with E-state index >= 15 is 0 Å². The summed E-state index contributed by atoms with van der Waals surface area (Å²) >= 11 is 0. The molecular formula is C22H28N6O3. The second-order valence-corrected chi connectivity index (χ2v) is 8.12. The minimum atomic E-state index is -0.624. The van der Waals surface area contributed by atoms with Crippen LogP contribution in [-0.4, -0.2) is 81.9 Å². The van der Waals surface area contributed by atoms with Gasteiger partial charge in [0.25, 0.3) is 5.91 Å². The molecule has 164 valence electrons. The first-order valence-electron chi connectivity index (χ1n) is 10.3. The highest BCUT2D eigenvalue weighted by atomic mass is 16.5. The lowest BCUT2D eigenvalue weighted by atomic mass is 10.1. The molecule has 0 saturated carbocycles. The van der Waals surface area contributed by atoms with Crippen LogP contribution in [0.4, 0.5) is 4.79 Å². The SMILES string of the molecule is COCCN1C(n2nc(C)cc2C)=NC2C1C(=O)N(Cc1cccc(C)c1)C(=O)N2C. The fourth-order valence-corrected chi connectivity index (χ4v) is 4.24. The van der Waals surface area contributed by atoms with Crippen LogP contribution in [0, 0.1) is 20.8 Å². The largest absolute Gasteiger partial charge is 0.383 e. The molecular weight excluding hydrogens is 396 g/mol. The van der Waals surface area contributed by atoms with Crippen LogP contribution in [0.3, 0.4) is 0 Å². The Morgan fingerprint density at radius 3 is 2.55 bits per heavy atom. The van der Waals surface area contributed by atoms with E-state index in [2.05, 4.69) is 5.10 Å². The Morgan fingerprint density at radius 2 is 1.90 bits per heavy atom. The van der Waals surface area contributed by atoms with Crippen LogP contribution >= 0.6 is 0 Å². The average molecular weight is 425 g/mol. The van der Waals surface area contributed by atoms with E-state index in [-0.39, 0.29) is 18.5 Å². The molecule has 2 atom stereocenters. The van der Waals surface area contributed by atoms with E-state index in [0.29, 0.717) is 19.1 Å². The van der Waals surface area contributed by atoms with Crippen molar-refractivity contribution in [1.82, 2.24) is 24.5 Å². The van der Waals surface area contributed by atoms with Crippen LogP contribution < -0.4 is 0 Å². The third-order valence-corrected chi connectivity index (χ3v) is 5.73. The zero-order valence-electron chi connectivity index (χ0n) is 18.6. The summed E-state index contributed by atoms with van der Waals surface area (Å²) in [4.78, 5) is 36.2. The summed E-state index contributed by atoms with van der Waals surface area (Å²) in [6.45, 7) is 6.95. The number of methoxy groups -OCH3 is 1. The van der Waals surface area contributed by atoms with Gasteiger partial charge in [-0.3, -0.25) is 9.69 Å². The van der Waals surface area contributed by atoms with Crippen molar-refractivity contribution in [3.8, 4) is 0 Å². The maximum absolute atomic E-state index is 13.6. The second kappa shape index (κ2) is 8.14. The van der Waals surface area contributed by atoms with Gasteiger partial charge in [-0.15, -0.1) is 0 Å². The second-order valence-electron chi connectivity index (χ2n) is 8.12. The molecule has 2 aliphatic rings. The lowest BCUT2D eigenvalue weighted by molar-refractivity contribution is -0.138. The highest BCUT2D eigenvalue weighted by Crippen LogP contribution is 2.29. The Bertz CT molecular complexity index is 1050. The first kappa shape index (κ1) is 21.0. The number of aromatic nitrogens is 2. The number of ether oxygens (including phenoxy) is 1. The maximum atomic E-state index is 13.6. The van der Waals surface area contributed by atoms with Gasteiger partial charge in [-0.25, -0.2) is 14.5 Å². The fraction of sp³-hybridized carbons (Fsp3) is 0.455. The number of likely N-dealkylation sites (N-methyl/N-ethyl adjacent to an activating group) is 1. The molecule has 1 saturated heterocycles. The Hall–Kier alpha value is -3.20. The predicted molar refractivity (Wildman–Crippen MR) is 116 cm³/mol. The number of nitrogens with zero attached hydrogens (tertiary/aromatic N) is 6. The van der Waals surface area contributed by atoms with Gasteiger partial charge in [0.1, 0.15) is 0 Å². The van der Waals surface area contributed by atoms with E-state index < -0.39 is 12.2 Å². The van der Waals surface area contributed by atoms with Crippen molar-refractivity contribution in [2.75, 3.05) is 27.3 Å². The number of rotatable bonds is 5. The number of carbonyl (C=O) groups is 2. The number of imide groups is 1. The van der Waals surface area contributed by atoms with Crippen molar-refractivity contribution in [3.63, 3.8) is 0 Å². The van der Waals surface area contributed by atoms with Crippen molar-refractivity contribution < 1.29 is 14.3 Å². The molecule has 0 bridgehead atoms. The molecule has 0 radical (unpaired) electrons. The minimum absolute atomic E-state index is 0.222. The fourth-order valence-electron chi connectivity index (χ4n) is 4.24. The summed E-state index contributed by atoms with van der Waals surface area (Å²) in [6, 6.07) is 8.82. The normalized spacial score (nSPS) is 21.1. The van der Waals surface area contributed by atoms with Gasteiger partial charge in [0, 0.05) is 26.4 Å². The molecule has 31 heavy (non-hydrogen) atoms. The highest BCUT2D eigenvalue weighted by Gasteiger charge is 2.52. The van der Waals surface area contributed by atoms with Gasteiger partial charge in [0.15, 0.2) is 12.2 Å². The molecule has 3 heterocycles. The number of fused-ring (bicyclic) bond motifs is 1. The zero-order chi connectivity index (χ0) is 22.3. The van der Waals surface area contributed by atoms with Crippen LogP contribution in [0.5, 0.6) is 0 Å². The number of hydrogen-bond donors (Lipinski definition) is 0. The quantitative estimate of drug-likeness (QED) is 0.731. The van der Waals surface area contributed by atoms with E-state index in [0.717, 1.165) is 22.5 Å². The molecule has 3 amide bonds. The Balaban J connectivity index is 1.70. The van der Waals surface area contributed by atoms with Gasteiger partial charge in [-0.2, -0.15) is 5.10 Å². The summed E-state index contributed by atoms with van der Waals surface area (Å²) in [5.74, 6) is 0.300. The molecule has 2 aromatic rings. The third kappa shape index (κ3) is 3.69. The van der Waals surface area contributed by atoms with E-state index in [4.69, 9.17) is 9.73 Å². The molecule has 1 aromatic carbocycles. The van der Waals surface area contributed by atoms with Crippen molar-refractivity contribution in [2.24, 2.45) is 4.99 Å². The lowest BCUT2D eigenvalue weighted by Gasteiger charge is -2.41. The minimum Gasteiger partial charge on any atom is -0.383 e. The van der Waals surface area contributed by atoms with Gasteiger partial charge >= 0.3 is 6.03 Å². The molecule has 2 unspecified atom stereocenters. The number of amides is 3. The van der Waals surface area contributed by atoms with Crippen LogP contribution in [0.2, 0.25) is 0 Å².